The third kappa shape index (κ3) is 9.08. The number of hydrogen-bond acceptors (Lipinski definition) is 3. The van der Waals surface area contributed by atoms with Crippen molar-refractivity contribution in [3.63, 3.8) is 0 Å². The van der Waals surface area contributed by atoms with Crippen LogP contribution in [0.4, 0.5) is 4.79 Å². The molecule has 1 rings (SSSR count). The smallest absolute Gasteiger partial charge is 0.407 e. The Morgan fingerprint density at radius 1 is 1.32 bits per heavy atom. The minimum absolute atomic E-state index is 0.304. The average Bonchev–Trinajstić information content (AvgIpc) is 2.40. The van der Waals surface area contributed by atoms with E-state index in [0.717, 1.165) is 18.9 Å². The highest BCUT2D eigenvalue weighted by Gasteiger charge is 2.19. The molecule has 0 aromatic heterocycles. The molecule has 128 valence electrons. The van der Waals surface area contributed by atoms with Crippen molar-refractivity contribution >= 4 is 6.09 Å². The van der Waals surface area contributed by atoms with Crippen LogP contribution in [0.2, 0.25) is 0 Å². The summed E-state index contributed by atoms with van der Waals surface area (Å²) in [7, 11) is 0. The maximum absolute atomic E-state index is 11.8. The number of allylic oxidation sites excluding steroid dienone is 2. The largest absolute Gasteiger partial charge is 0.444 e. The van der Waals surface area contributed by atoms with Crippen molar-refractivity contribution in [3.05, 3.63) is 12.2 Å². The fraction of sp³-hybridized carbons (Fsp3) is 0.833. The Kier molecular flexibility index (Phi) is 7.94. The molecule has 0 heterocycles. The van der Waals surface area contributed by atoms with Gasteiger partial charge in [-0.1, -0.05) is 26.0 Å². The first kappa shape index (κ1) is 19.0. The number of rotatable bonds is 7. The van der Waals surface area contributed by atoms with Gasteiger partial charge in [0.1, 0.15) is 5.60 Å². The van der Waals surface area contributed by atoms with Gasteiger partial charge in [0.2, 0.25) is 0 Å². The number of nitrogens with one attached hydrogen (secondary N) is 2. The molecular formula is C18H34N2O2. The Bertz CT molecular complexity index is 359. The molecule has 22 heavy (non-hydrogen) atoms. The van der Waals surface area contributed by atoms with Crippen LogP contribution in [0.25, 0.3) is 0 Å². The Hall–Kier alpha value is -1.03. The second-order valence-electron chi connectivity index (χ2n) is 7.77. The summed E-state index contributed by atoms with van der Waals surface area (Å²) in [6.07, 6.45) is 8.90. The van der Waals surface area contributed by atoms with Crippen LogP contribution < -0.4 is 10.6 Å². The van der Waals surface area contributed by atoms with Gasteiger partial charge in [0, 0.05) is 12.6 Å². The van der Waals surface area contributed by atoms with Crippen molar-refractivity contribution in [2.45, 2.75) is 71.9 Å². The van der Waals surface area contributed by atoms with Crippen LogP contribution in [0.15, 0.2) is 12.2 Å². The summed E-state index contributed by atoms with van der Waals surface area (Å²) < 4.78 is 5.30. The molecule has 2 atom stereocenters. The van der Waals surface area contributed by atoms with E-state index in [1.807, 2.05) is 20.8 Å². The summed E-state index contributed by atoms with van der Waals surface area (Å²) in [4.78, 5) is 11.8. The van der Waals surface area contributed by atoms with Crippen molar-refractivity contribution in [2.24, 2.45) is 11.8 Å². The van der Waals surface area contributed by atoms with Gasteiger partial charge in [0.05, 0.1) is 0 Å². The first-order valence-electron chi connectivity index (χ1n) is 8.61. The minimum atomic E-state index is -0.445. The van der Waals surface area contributed by atoms with Gasteiger partial charge in [-0.25, -0.2) is 4.79 Å². The summed E-state index contributed by atoms with van der Waals surface area (Å²) in [5, 5.41) is 6.53. The molecule has 0 fully saturated rings. The minimum Gasteiger partial charge on any atom is -0.444 e. The first-order chi connectivity index (χ1) is 10.3. The first-order valence-corrected chi connectivity index (χ1v) is 8.61. The lowest BCUT2D eigenvalue weighted by Gasteiger charge is -2.26. The van der Waals surface area contributed by atoms with Gasteiger partial charge in [0.15, 0.2) is 0 Å². The Labute approximate surface area is 136 Å². The maximum Gasteiger partial charge on any atom is 0.407 e. The van der Waals surface area contributed by atoms with Crippen LogP contribution in [-0.2, 0) is 4.74 Å². The topological polar surface area (TPSA) is 50.4 Å². The molecule has 0 aromatic rings. The molecular weight excluding hydrogens is 276 g/mol. The third-order valence-electron chi connectivity index (χ3n) is 3.72. The molecule has 0 saturated heterocycles. The van der Waals surface area contributed by atoms with Crippen molar-refractivity contribution in [3.8, 4) is 0 Å². The molecule has 1 aliphatic rings. The second kappa shape index (κ2) is 9.19. The van der Waals surface area contributed by atoms with Crippen molar-refractivity contribution in [2.75, 3.05) is 13.1 Å². The Morgan fingerprint density at radius 3 is 2.59 bits per heavy atom. The standard InChI is InChI=1S/C18H34N2O2/c1-14(2)11-16(13-20-17(21)22-18(3,4)5)19-12-15-9-7-6-8-10-15/h6-7,14-16,19H,8-13H2,1-5H3,(H,20,21). The van der Waals surface area contributed by atoms with Crippen molar-refractivity contribution < 1.29 is 9.53 Å². The number of carbonyl (C=O) groups excluding carboxylic acids is 1. The zero-order valence-electron chi connectivity index (χ0n) is 14.9. The molecule has 0 bridgehead atoms. The van der Waals surface area contributed by atoms with E-state index in [4.69, 9.17) is 4.74 Å². The van der Waals surface area contributed by atoms with Crippen LogP contribution >= 0.6 is 0 Å². The lowest BCUT2D eigenvalue weighted by atomic mass is 9.93. The summed E-state index contributed by atoms with van der Waals surface area (Å²) in [6, 6.07) is 0.304. The lowest BCUT2D eigenvalue weighted by molar-refractivity contribution is 0.0520. The second-order valence-corrected chi connectivity index (χ2v) is 7.77. The van der Waals surface area contributed by atoms with Crippen LogP contribution in [0.3, 0.4) is 0 Å². The predicted molar refractivity (Wildman–Crippen MR) is 92.0 cm³/mol. The zero-order valence-corrected chi connectivity index (χ0v) is 14.9. The normalized spacial score (nSPS) is 20.0. The number of alkyl carbamates (subject to hydrolysis) is 1. The average molecular weight is 310 g/mol. The fourth-order valence-corrected chi connectivity index (χ4v) is 2.70. The van der Waals surface area contributed by atoms with Gasteiger partial charge >= 0.3 is 6.09 Å². The van der Waals surface area contributed by atoms with E-state index in [2.05, 4.69) is 36.6 Å². The third-order valence-corrected chi connectivity index (χ3v) is 3.72. The van der Waals surface area contributed by atoms with Crippen molar-refractivity contribution in [1.82, 2.24) is 10.6 Å². The van der Waals surface area contributed by atoms with E-state index < -0.39 is 5.60 Å². The molecule has 4 nitrogen and oxygen atoms in total. The van der Waals surface area contributed by atoms with Gasteiger partial charge in [0.25, 0.3) is 0 Å². The predicted octanol–water partition coefficient (Wildman–Crippen LogP) is 3.87. The number of ether oxygens (including phenoxy) is 1. The SMILES string of the molecule is CC(C)CC(CNC(=O)OC(C)(C)C)NCC1CC=CCC1. The molecule has 4 heteroatoms. The summed E-state index contributed by atoms with van der Waals surface area (Å²) >= 11 is 0. The number of carbonyl (C=O) groups is 1. The maximum atomic E-state index is 11.8. The number of amides is 1. The summed E-state index contributed by atoms with van der Waals surface area (Å²) in [5.74, 6) is 1.32. The van der Waals surface area contributed by atoms with Gasteiger partial charge < -0.3 is 15.4 Å². The van der Waals surface area contributed by atoms with Crippen LogP contribution in [0.1, 0.15) is 60.3 Å². The highest BCUT2D eigenvalue weighted by atomic mass is 16.6. The van der Waals surface area contributed by atoms with E-state index >= 15 is 0 Å². The van der Waals surface area contributed by atoms with Gasteiger partial charge in [-0.15, -0.1) is 0 Å². The Balaban J connectivity index is 2.36. The van der Waals surface area contributed by atoms with Crippen LogP contribution in [-0.4, -0.2) is 30.8 Å². The summed E-state index contributed by atoms with van der Waals surface area (Å²) in [6.45, 7) is 11.7. The van der Waals surface area contributed by atoms with Crippen molar-refractivity contribution in [1.29, 1.82) is 0 Å². The molecule has 0 aromatic carbocycles. The fourth-order valence-electron chi connectivity index (χ4n) is 2.70. The molecule has 0 aliphatic heterocycles. The highest BCUT2D eigenvalue weighted by Crippen LogP contribution is 2.17. The zero-order chi connectivity index (χ0) is 16.6. The molecule has 1 amide bonds. The molecule has 2 unspecified atom stereocenters. The molecule has 1 aliphatic carbocycles. The molecule has 2 N–H and O–H groups in total. The highest BCUT2D eigenvalue weighted by molar-refractivity contribution is 5.67. The monoisotopic (exact) mass is 310 g/mol. The quantitative estimate of drug-likeness (QED) is 0.702. The lowest BCUT2D eigenvalue weighted by Crippen LogP contribution is -2.44. The van der Waals surface area contributed by atoms with Crippen LogP contribution in [0, 0.1) is 11.8 Å². The van der Waals surface area contributed by atoms with Crippen LogP contribution in [0.5, 0.6) is 0 Å². The molecule has 0 radical (unpaired) electrons. The van der Waals surface area contributed by atoms with E-state index in [1.54, 1.807) is 0 Å². The van der Waals surface area contributed by atoms with Gasteiger partial charge in [-0.05, 0) is 64.8 Å². The molecule has 0 saturated carbocycles. The number of hydrogen-bond donors (Lipinski definition) is 2. The summed E-state index contributed by atoms with van der Waals surface area (Å²) in [5.41, 5.74) is -0.445. The van der Waals surface area contributed by atoms with Gasteiger partial charge in [-0.2, -0.15) is 0 Å². The van der Waals surface area contributed by atoms with E-state index in [9.17, 15) is 4.79 Å². The van der Waals surface area contributed by atoms with E-state index in [-0.39, 0.29) is 6.09 Å². The Morgan fingerprint density at radius 2 is 2.05 bits per heavy atom. The van der Waals surface area contributed by atoms with E-state index in [1.165, 1.54) is 19.3 Å². The van der Waals surface area contributed by atoms with Gasteiger partial charge in [-0.3, -0.25) is 0 Å². The van der Waals surface area contributed by atoms with E-state index in [0.29, 0.717) is 18.5 Å². The molecule has 0 spiro atoms.